The molecule has 0 saturated carbocycles. The van der Waals surface area contributed by atoms with Gasteiger partial charge in [-0.2, -0.15) is 0 Å². The second kappa shape index (κ2) is 7.44. The summed E-state index contributed by atoms with van der Waals surface area (Å²) in [5.41, 5.74) is 2.42. The largest absolute Gasteiger partial charge is 0.481 e. The van der Waals surface area contributed by atoms with Gasteiger partial charge in [0.05, 0.1) is 0 Å². The van der Waals surface area contributed by atoms with Gasteiger partial charge in [0.1, 0.15) is 5.75 Å². The first kappa shape index (κ1) is 17.7. The molecule has 0 saturated heterocycles. The van der Waals surface area contributed by atoms with Crippen LogP contribution in [-0.4, -0.2) is 29.5 Å². The van der Waals surface area contributed by atoms with E-state index >= 15 is 0 Å². The topological polar surface area (TPSA) is 57.5 Å². The molecule has 0 N–H and O–H groups in total. The molecule has 0 aliphatic heterocycles. The van der Waals surface area contributed by atoms with Gasteiger partial charge in [0.25, 0.3) is 0 Å². The monoisotopic (exact) mass is 351 g/mol. The number of Topliss-reactive ketones (excluding diaryl/α,β-unsaturated/α-hetero) is 1. The van der Waals surface area contributed by atoms with E-state index in [0.29, 0.717) is 11.3 Å². The number of nitrogens with zero attached hydrogens (tertiary/aromatic N) is 1. The number of hydrogen-bond donors (Lipinski definition) is 0. The van der Waals surface area contributed by atoms with Gasteiger partial charge in [0, 0.05) is 29.4 Å². The first-order valence-corrected chi connectivity index (χ1v) is 8.39. The maximum absolute atomic E-state index is 12.3. The highest BCUT2D eigenvalue weighted by Crippen LogP contribution is 2.25. The second-order valence-corrected chi connectivity index (χ2v) is 6.19. The number of ketones is 1. The van der Waals surface area contributed by atoms with Crippen LogP contribution in [0, 0.1) is 13.8 Å². The van der Waals surface area contributed by atoms with Gasteiger partial charge in [-0.15, -0.1) is 0 Å². The SMILES string of the molecule is Cc1cc(C(=O)COC(=O)COc2cccc3ccccc23)c(C)n1C. The molecule has 26 heavy (non-hydrogen) atoms. The number of carbonyl (C=O) groups excluding carboxylic acids is 2. The van der Waals surface area contributed by atoms with Crippen LogP contribution in [0.15, 0.2) is 48.5 Å². The van der Waals surface area contributed by atoms with Gasteiger partial charge in [-0.25, -0.2) is 4.79 Å². The van der Waals surface area contributed by atoms with Crippen molar-refractivity contribution in [2.75, 3.05) is 13.2 Å². The van der Waals surface area contributed by atoms with Crippen LogP contribution in [0.4, 0.5) is 0 Å². The van der Waals surface area contributed by atoms with Crippen molar-refractivity contribution in [3.05, 3.63) is 65.5 Å². The highest BCUT2D eigenvalue weighted by Gasteiger charge is 2.16. The lowest BCUT2D eigenvalue weighted by Crippen LogP contribution is -2.19. The van der Waals surface area contributed by atoms with Gasteiger partial charge >= 0.3 is 5.97 Å². The van der Waals surface area contributed by atoms with Crippen LogP contribution < -0.4 is 4.74 Å². The molecule has 1 aromatic heterocycles. The Morgan fingerprint density at radius 3 is 2.46 bits per heavy atom. The molecule has 0 spiro atoms. The van der Waals surface area contributed by atoms with Crippen LogP contribution in [0.25, 0.3) is 10.8 Å². The standard InChI is InChI=1S/C21H21NO4/c1-14-11-18(15(2)22(14)3)19(23)12-26-21(24)13-25-20-10-6-8-16-7-4-5-9-17(16)20/h4-11H,12-13H2,1-3H3. The van der Waals surface area contributed by atoms with Gasteiger partial charge in [0.2, 0.25) is 5.78 Å². The molecule has 0 atom stereocenters. The van der Waals surface area contributed by atoms with Gasteiger partial charge in [-0.05, 0) is 31.4 Å². The van der Waals surface area contributed by atoms with Gasteiger partial charge in [-0.1, -0.05) is 36.4 Å². The Hall–Kier alpha value is -3.08. The van der Waals surface area contributed by atoms with E-state index in [1.807, 2.05) is 61.9 Å². The molecule has 0 unspecified atom stereocenters. The van der Waals surface area contributed by atoms with Crippen molar-refractivity contribution >= 4 is 22.5 Å². The van der Waals surface area contributed by atoms with E-state index in [1.54, 1.807) is 12.1 Å². The number of esters is 1. The Labute approximate surface area is 152 Å². The van der Waals surface area contributed by atoms with E-state index in [-0.39, 0.29) is 19.0 Å². The third-order valence-corrected chi connectivity index (χ3v) is 4.54. The van der Waals surface area contributed by atoms with E-state index in [1.165, 1.54) is 0 Å². The number of aryl methyl sites for hydroxylation is 1. The second-order valence-electron chi connectivity index (χ2n) is 6.19. The zero-order valence-corrected chi connectivity index (χ0v) is 15.1. The average molecular weight is 351 g/mol. The lowest BCUT2D eigenvalue weighted by molar-refractivity contribution is -0.144. The molecule has 3 aromatic rings. The number of rotatable bonds is 6. The average Bonchev–Trinajstić information content (AvgIpc) is 2.91. The minimum Gasteiger partial charge on any atom is -0.481 e. The number of benzene rings is 2. The van der Waals surface area contributed by atoms with Crippen LogP contribution in [-0.2, 0) is 16.6 Å². The smallest absolute Gasteiger partial charge is 0.344 e. The molecule has 134 valence electrons. The number of fused-ring (bicyclic) bond motifs is 1. The summed E-state index contributed by atoms with van der Waals surface area (Å²) in [4.78, 5) is 24.2. The zero-order chi connectivity index (χ0) is 18.7. The fourth-order valence-corrected chi connectivity index (χ4v) is 2.86. The van der Waals surface area contributed by atoms with Crippen molar-refractivity contribution in [3.63, 3.8) is 0 Å². The molecule has 0 amide bonds. The Bertz CT molecular complexity index is 966. The quantitative estimate of drug-likeness (QED) is 0.503. The van der Waals surface area contributed by atoms with Gasteiger partial charge < -0.3 is 14.0 Å². The highest BCUT2D eigenvalue weighted by atomic mass is 16.6. The van der Waals surface area contributed by atoms with E-state index < -0.39 is 5.97 Å². The van der Waals surface area contributed by atoms with Crippen molar-refractivity contribution < 1.29 is 19.1 Å². The Morgan fingerprint density at radius 2 is 1.73 bits per heavy atom. The number of carbonyl (C=O) groups is 2. The molecular formula is C21H21NO4. The highest BCUT2D eigenvalue weighted by molar-refractivity contribution is 5.99. The van der Waals surface area contributed by atoms with Crippen LogP contribution in [0.3, 0.4) is 0 Å². The molecule has 5 heteroatoms. The van der Waals surface area contributed by atoms with Gasteiger partial charge in [-0.3, -0.25) is 4.79 Å². The molecule has 0 fully saturated rings. The molecular weight excluding hydrogens is 330 g/mol. The number of hydrogen-bond acceptors (Lipinski definition) is 4. The fraction of sp³-hybridized carbons (Fsp3) is 0.238. The molecule has 0 aliphatic carbocycles. The minimum atomic E-state index is -0.573. The van der Waals surface area contributed by atoms with Crippen molar-refractivity contribution in [1.29, 1.82) is 0 Å². The van der Waals surface area contributed by atoms with Crippen molar-refractivity contribution in [3.8, 4) is 5.75 Å². The van der Waals surface area contributed by atoms with Crippen LogP contribution in [0.1, 0.15) is 21.7 Å². The molecule has 0 radical (unpaired) electrons. The lowest BCUT2D eigenvalue weighted by atomic mass is 10.1. The maximum Gasteiger partial charge on any atom is 0.344 e. The number of aromatic nitrogens is 1. The summed E-state index contributed by atoms with van der Waals surface area (Å²) in [7, 11) is 1.89. The number of ether oxygens (including phenoxy) is 2. The van der Waals surface area contributed by atoms with Crippen LogP contribution in [0.5, 0.6) is 5.75 Å². The summed E-state index contributed by atoms with van der Waals surface area (Å²) in [5.74, 6) is -0.179. The predicted octanol–water partition coefficient (Wildman–Crippen LogP) is 3.60. The predicted molar refractivity (Wildman–Crippen MR) is 99.6 cm³/mol. The van der Waals surface area contributed by atoms with E-state index in [2.05, 4.69) is 0 Å². The molecule has 3 rings (SSSR count). The Kier molecular flexibility index (Phi) is 5.07. The summed E-state index contributed by atoms with van der Waals surface area (Å²) in [6, 6.07) is 15.2. The third-order valence-electron chi connectivity index (χ3n) is 4.54. The van der Waals surface area contributed by atoms with Crippen molar-refractivity contribution in [2.24, 2.45) is 7.05 Å². The fourth-order valence-electron chi connectivity index (χ4n) is 2.86. The molecule has 2 aromatic carbocycles. The normalized spacial score (nSPS) is 10.7. The Balaban J connectivity index is 1.57. The molecule has 1 heterocycles. The molecule has 0 aliphatic rings. The zero-order valence-electron chi connectivity index (χ0n) is 15.1. The van der Waals surface area contributed by atoms with E-state index in [9.17, 15) is 9.59 Å². The van der Waals surface area contributed by atoms with Crippen molar-refractivity contribution in [2.45, 2.75) is 13.8 Å². The summed E-state index contributed by atoms with van der Waals surface area (Å²) in [6.07, 6.45) is 0. The summed E-state index contributed by atoms with van der Waals surface area (Å²) in [6.45, 7) is 3.26. The van der Waals surface area contributed by atoms with Gasteiger partial charge in [0.15, 0.2) is 13.2 Å². The van der Waals surface area contributed by atoms with Crippen molar-refractivity contribution in [1.82, 2.24) is 4.57 Å². The maximum atomic E-state index is 12.3. The minimum absolute atomic E-state index is 0.218. The first-order chi connectivity index (χ1) is 12.5. The third kappa shape index (κ3) is 3.61. The summed E-state index contributed by atoms with van der Waals surface area (Å²) < 4.78 is 12.6. The van der Waals surface area contributed by atoms with E-state index in [4.69, 9.17) is 9.47 Å². The Morgan fingerprint density at radius 1 is 1.00 bits per heavy atom. The summed E-state index contributed by atoms with van der Waals surface area (Å²) in [5, 5.41) is 1.96. The lowest BCUT2D eigenvalue weighted by Gasteiger charge is -2.09. The first-order valence-electron chi connectivity index (χ1n) is 8.39. The summed E-state index contributed by atoms with van der Waals surface area (Å²) >= 11 is 0. The van der Waals surface area contributed by atoms with Crippen LogP contribution in [0.2, 0.25) is 0 Å². The molecule has 0 bridgehead atoms. The molecule has 5 nitrogen and oxygen atoms in total. The van der Waals surface area contributed by atoms with Crippen LogP contribution >= 0.6 is 0 Å². The van der Waals surface area contributed by atoms with E-state index in [0.717, 1.165) is 22.2 Å².